The van der Waals surface area contributed by atoms with Crippen LogP contribution in [0.25, 0.3) is 0 Å². The second-order valence-corrected chi connectivity index (χ2v) is 6.22. The lowest BCUT2D eigenvalue weighted by Crippen LogP contribution is -2.48. The predicted molar refractivity (Wildman–Crippen MR) is 82.5 cm³/mol. The number of carbonyl (C=O) groups excluding carboxylic acids is 1. The largest absolute Gasteiger partial charge is 0.352 e. The summed E-state index contributed by atoms with van der Waals surface area (Å²) >= 11 is 0. The molecule has 0 aromatic heterocycles. The van der Waals surface area contributed by atoms with Gasteiger partial charge in [-0.3, -0.25) is 9.69 Å². The maximum Gasteiger partial charge on any atom is 0.222 e. The summed E-state index contributed by atoms with van der Waals surface area (Å²) in [6.07, 6.45) is 2.26. The van der Waals surface area contributed by atoms with E-state index in [9.17, 15) is 4.79 Å². The van der Waals surface area contributed by atoms with Crippen molar-refractivity contribution in [2.45, 2.75) is 46.2 Å². The smallest absolute Gasteiger partial charge is 0.222 e. The summed E-state index contributed by atoms with van der Waals surface area (Å²) in [5.74, 6) is 0.245. The molecule has 1 saturated heterocycles. The molecule has 0 aliphatic carbocycles. The minimum Gasteiger partial charge on any atom is -0.352 e. The van der Waals surface area contributed by atoms with Crippen LogP contribution < -0.4 is 5.32 Å². The second kappa shape index (κ2) is 6.89. The molecule has 1 fully saturated rings. The Kier molecular flexibility index (Phi) is 5.18. The molecule has 1 aliphatic heterocycles. The van der Waals surface area contributed by atoms with Crippen LogP contribution in [0, 0.1) is 12.8 Å². The Labute approximate surface area is 122 Å². The highest BCUT2D eigenvalue weighted by Gasteiger charge is 2.22. The Morgan fingerprint density at radius 3 is 2.70 bits per heavy atom. The average Bonchev–Trinajstić information content (AvgIpc) is 2.42. The van der Waals surface area contributed by atoms with E-state index >= 15 is 0 Å². The second-order valence-electron chi connectivity index (χ2n) is 6.22. The van der Waals surface area contributed by atoms with Gasteiger partial charge >= 0.3 is 0 Å². The number of nitrogens with one attached hydrogen (secondary N) is 1. The average molecular weight is 274 g/mol. The first kappa shape index (κ1) is 15.0. The molecule has 0 radical (unpaired) electrons. The van der Waals surface area contributed by atoms with E-state index in [1.165, 1.54) is 11.1 Å². The monoisotopic (exact) mass is 274 g/mol. The van der Waals surface area contributed by atoms with Gasteiger partial charge in [-0.05, 0) is 31.9 Å². The van der Waals surface area contributed by atoms with E-state index in [2.05, 4.69) is 41.4 Å². The lowest BCUT2D eigenvalue weighted by molar-refractivity contribution is -0.125. The van der Waals surface area contributed by atoms with Crippen LogP contribution in [0.3, 0.4) is 0 Å². The maximum absolute atomic E-state index is 11.8. The van der Waals surface area contributed by atoms with Gasteiger partial charge in [0.25, 0.3) is 0 Å². The van der Waals surface area contributed by atoms with E-state index in [-0.39, 0.29) is 11.8 Å². The SMILES string of the molecule is Cc1ccc(CN2CCCC(NC(=O)C(C)C)C2)cc1. The summed E-state index contributed by atoms with van der Waals surface area (Å²) in [5.41, 5.74) is 2.65. The molecule has 3 heteroatoms. The van der Waals surface area contributed by atoms with Crippen molar-refractivity contribution >= 4 is 5.91 Å². The Morgan fingerprint density at radius 1 is 1.35 bits per heavy atom. The molecule has 1 heterocycles. The van der Waals surface area contributed by atoms with Crippen LogP contribution in [0.1, 0.15) is 37.8 Å². The Bertz CT molecular complexity index is 439. The number of piperidine rings is 1. The van der Waals surface area contributed by atoms with Gasteiger partial charge in [0.05, 0.1) is 0 Å². The Morgan fingerprint density at radius 2 is 2.05 bits per heavy atom. The number of rotatable bonds is 4. The van der Waals surface area contributed by atoms with Crippen molar-refractivity contribution in [2.24, 2.45) is 5.92 Å². The zero-order valence-corrected chi connectivity index (χ0v) is 12.9. The fraction of sp³-hybridized carbons (Fsp3) is 0.588. The molecule has 1 unspecified atom stereocenters. The van der Waals surface area contributed by atoms with Gasteiger partial charge in [-0.2, -0.15) is 0 Å². The van der Waals surface area contributed by atoms with E-state index in [4.69, 9.17) is 0 Å². The zero-order valence-electron chi connectivity index (χ0n) is 12.9. The highest BCUT2D eigenvalue weighted by Crippen LogP contribution is 2.14. The molecule has 1 aromatic rings. The van der Waals surface area contributed by atoms with Crippen LogP contribution in [0.2, 0.25) is 0 Å². The minimum absolute atomic E-state index is 0.0717. The first-order valence-electron chi connectivity index (χ1n) is 7.63. The molecule has 1 N–H and O–H groups in total. The summed E-state index contributed by atoms with van der Waals surface area (Å²) in [6, 6.07) is 9.04. The number of hydrogen-bond acceptors (Lipinski definition) is 2. The molecule has 1 atom stereocenters. The third kappa shape index (κ3) is 4.34. The van der Waals surface area contributed by atoms with Gasteiger partial charge in [-0.1, -0.05) is 43.7 Å². The van der Waals surface area contributed by atoms with E-state index in [0.717, 1.165) is 32.5 Å². The number of likely N-dealkylation sites (tertiary alicyclic amines) is 1. The van der Waals surface area contributed by atoms with Crippen molar-refractivity contribution in [1.82, 2.24) is 10.2 Å². The quantitative estimate of drug-likeness (QED) is 0.915. The van der Waals surface area contributed by atoms with Gasteiger partial charge in [0.1, 0.15) is 0 Å². The lowest BCUT2D eigenvalue weighted by atomic mass is 10.0. The van der Waals surface area contributed by atoms with Gasteiger partial charge in [-0.15, -0.1) is 0 Å². The third-order valence-corrected chi connectivity index (χ3v) is 3.90. The van der Waals surface area contributed by atoms with Crippen molar-refractivity contribution in [3.05, 3.63) is 35.4 Å². The summed E-state index contributed by atoms with van der Waals surface area (Å²) in [6.45, 7) is 9.08. The summed E-state index contributed by atoms with van der Waals surface area (Å²) in [5, 5.41) is 3.16. The van der Waals surface area contributed by atoms with Crippen LogP contribution in [-0.2, 0) is 11.3 Å². The van der Waals surface area contributed by atoms with Gasteiger partial charge in [0.15, 0.2) is 0 Å². The van der Waals surface area contributed by atoms with Crippen LogP contribution in [-0.4, -0.2) is 29.9 Å². The van der Waals surface area contributed by atoms with Crippen molar-refractivity contribution in [3.63, 3.8) is 0 Å². The van der Waals surface area contributed by atoms with Crippen molar-refractivity contribution in [2.75, 3.05) is 13.1 Å². The fourth-order valence-electron chi connectivity index (χ4n) is 2.64. The van der Waals surface area contributed by atoms with Gasteiger partial charge in [-0.25, -0.2) is 0 Å². The molecule has 0 bridgehead atoms. The number of amides is 1. The highest BCUT2D eigenvalue weighted by atomic mass is 16.1. The number of nitrogens with zero attached hydrogens (tertiary/aromatic N) is 1. The molecule has 1 aromatic carbocycles. The summed E-state index contributed by atoms with van der Waals surface area (Å²) in [7, 11) is 0. The Balaban J connectivity index is 1.87. The molecule has 0 spiro atoms. The van der Waals surface area contributed by atoms with E-state index in [1.807, 2.05) is 13.8 Å². The van der Waals surface area contributed by atoms with Gasteiger partial charge in [0.2, 0.25) is 5.91 Å². The van der Waals surface area contributed by atoms with Crippen LogP contribution >= 0.6 is 0 Å². The summed E-state index contributed by atoms with van der Waals surface area (Å²) < 4.78 is 0. The van der Waals surface area contributed by atoms with E-state index in [1.54, 1.807) is 0 Å². The molecule has 0 saturated carbocycles. The van der Waals surface area contributed by atoms with E-state index < -0.39 is 0 Å². The number of carbonyl (C=O) groups is 1. The number of benzene rings is 1. The minimum atomic E-state index is 0.0717. The van der Waals surface area contributed by atoms with Crippen molar-refractivity contribution < 1.29 is 4.79 Å². The fourth-order valence-corrected chi connectivity index (χ4v) is 2.64. The summed E-state index contributed by atoms with van der Waals surface area (Å²) in [4.78, 5) is 14.2. The Hall–Kier alpha value is -1.35. The number of aryl methyl sites for hydroxylation is 1. The predicted octanol–water partition coefficient (Wildman–Crippen LogP) is 2.73. The number of hydrogen-bond donors (Lipinski definition) is 1. The zero-order chi connectivity index (χ0) is 14.5. The molecule has 2 rings (SSSR count). The van der Waals surface area contributed by atoms with Crippen LogP contribution in [0.4, 0.5) is 0 Å². The van der Waals surface area contributed by atoms with Crippen molar-refractivity contribution in [1.29, 1.82) is 0 Å². The maximum atomic E-state index is 11.8. The van der Waals surface area contributed by atoms with Gasteiger partial charge in [0, 0.05) is 25.0 Å². The standard InChI is InChI=1S/C17H26N2O/c1-13(2)17(20)18-16-5-4-10-19(12-16)11-15-8-6-14(3)7-9-15/h6-9,13,16H,4-5,10-12H2,1-3H3,(H,18,20). The molecular weight excluding hydrogens is 248 g/mol. The highest BCUT2D eigenvalue weighted by molar-refractivity contribution is 5.78. The van der Waals surface area contributed by atoms with Crippen LogP contribution in [0.5, 0.6) is 0 Å². The van der Waals surface area contributed by atoms with Crippen molar-refractivity contribution in [3.8, 4) is 0 Å². The normalized spacial score (nSPS) is 20.1. The van der Waals surface area contributed by atoms with E-state index in [0.29, 0.717) is 6.04 Å². The molecule has 110 valence electrons. The topological polar surface area (TPSA) is 32.3 Å². The molecular formula is C17H26N2O. The first-order valence-corrected chi connectivity index (χ1v) is 7.63. The first-order chi connectivity index (χ1) is 9.54. The lowest BCUT2D eigenvalue weighted by Gasteiger charge is -2.33. The molecule has 1 aliphatic rings. The van der Waals surface area contributed by atoms with Crippen LogP contribution in [0.15, 0.2) is 24.3 Å². The molecule has 1 amide bonds. The molecule has 3 nitrogen and oxygen atoms in total. The third-order valence-electron chi connectivity index (χ3n) is 3.90. The van der Waals surface area contributed by atoms with Gasteiger partial charge < -0.3 is 5.32 Å². The molecule has 20 heavy (non-hydrogen) atoms.